The van der Waals surface area contributed by atoms with E-state index >= 15 is 0 Å². The van der Waals surface area contributed by atoms with E-state index in [1.165, 1.54) is 0 Å². The SMILES string of the molecule is CSC(C)CCNc1cc(N)nc(N)n1. The Morgan fingerprint density at radius 1 is 1.47 bits per heavy atom. The van der Waals surface area contributed by atoms with Gasteiger partial charge in [-0.15, -0.1) is 0 Å². The number of hydrogen-bond acceptors (Lipinski definition) is 6. The van der Waals surface area contributed by atoms with Gasteiger partial charge in [-0.3, -0.25) is 0 Å². The van der Waals surface area contributed by atoms with Gasteiger partial charge in [-0.25, -0.2) is 0 Å². The average Bonchev–Trinajstić information content (AvgIpc) is 2.16. The third-order valence-electron chi connectivity index (χ3n) is 2.02. The van der Waals surface area contributed by atoms with Crippen molar-refractivity contribution in [1.82, 2.24) is 9.97 Å². The van der Waals surface area contributed by atoms with Gasteiger partial charge in [0.15, 0.2) is 0 Å². The van der Waals surface area contributed by atoms with Gasteiger partial charge < -0.3 is 16.8 Å². The molecule has 0 aliphatic heterocycles. The van der Waals surface area contributed by atoms with Gasteiger partial charge in [0.2, 0.25) is 5.95 Å². The van der Waals surface area contributed by atoms with Crippen LogP contribution in [-0.4, -0.2) is 28.0 Å². The molecule has 0 bridgehead atoms. The lowest BCUT2D eigenvalue weighted by Gasteiger charge is -2.09. The summed E-state index contributed by atoms with van der Waals surface area (Å²) < 4.78 is 0. The van der Waals surface area contributed by atoms with Crippen molar-refractivity contribution < 1.29 is 0 Å². The molecular formula is C9H17N5S. The minimum absolute atomic E-state index is 0.204. The summed E-state index contributed by atoms with van der Waals surface area (Å²) in [5.41, 5.74) is 11.0. The standard InChI is InChI=1S/C9H17N5S/c1-6(15-2)3-4-12-8-5-7(10)13-9(11)14-8/h5-6H,3-4H2,1-2H3,(H5,10,11,12,13,14). The molecule has 1 aromatic heterocycles. The van der Waals surface area contributed by atoms with E-state index < -0.39 is 0 Å². The maximum Gasteiger partial charge on any atom is 0.223 e. The molecule has 0 radical (unpaired) electrons. The molecule has 5 N–H and O–H groups in total. The number of anilines is 3. The molecule has 0 amide bonds. The second kappa shape index (κ2) is 5.65. The van der Waals surface area contributed by atoms with Crippen molar-refractivity contribution in [2.45, 2.75) is 18.6 Å². The Morgan fingerprint density at radius 3 is 2.80 bits per heavy atom. The van der Waals surface area contributed by atoms with Gasteiger partial charge in [-0.1, -0.05) is 6.92 Å². The molecule has 1 heterocycles. The van der Waals surface area contributed by atoms with Crippen LogP contribution in [0.4, 0.5) is 17.6 Å². The summed E-state index contributed by atoms with van der Waals surface area (Å²) in [4.78, 5) is 7.82. The van der Waals surface area contributed by atoms with Crippen LogP contribution in [0.25, 0.3) is 0 Å². The third kappa shape index (κ3) is 4.24. The minimum atomic E-state index is 0.204. The fourth-order valence-electron chi connectivity index (χ4n) is 1.10. The summed E-state index contributed by atoms with van der Waals surface area (Å²) in [6.07, 6.45) is 3.18. The number of hydrogen-bond donors (Lipinski definition) is 3. The Labute approximate surface area is 94.0 Å². The summed E-state index contributed by atoms with van der Waals surface area (Å²) in [5, 5.41) is 3.80. The Bertz CT molecular complexity index is 297. The molecule has 1 rings (SSSR count). The number of nitrogens with zero attached hydrogens (tertiary/aromatic N) is 2. The van der Waals surface area contributed by atoms with Crippen LogP contribution < -0.4 is 16.8 Å². The van der Waals surface area contributed by atoms with E-state index in [4.69, 9.17) is 11.5 Å². The molecule has 84 valence electrons. The fraction of sp³-hybridized carbons (Fsp3) is 0.556. The van der Waals surface area contributed by atoms with Crippen LogP contribution in [0.3, 0.4) is 0 Å². The molecule has 1 atom stereocenters. The predicted octanol–water partition coefficient (Wildman–Crippen LogP) is 1.19. The van der Waals surface area contributed by atoms with E-state index in [9.17, 15) is 0 Å². The third-order valence-corrected chi connectivity index (χ3v) is 3.06. The molecule has 0 aromatic carbocycles. The zero-order valence-electron chi connectivity index (χ0n) is 9.03. The number of aromatic nitrogens is 2. The summed E-state index contributed by atoms with van der Waals surface area (Å²) in [5.74, 6) is 1.28. The van der Waals surface area contributed by atoms with Crippen molar-refractivity contribution in [2.24, 2.45) is 0 Å². The van der Waals surface area contributed by atoms with Crippen LogP contribution >= 0.6 is 11.8 Å². The molecule has 1 aromatic rings. The zero-order chi connectivity index (χ0) is 11.3. The molecule has 5 nitrogen and oxygen atoms in total. The Kier molecular flexibility index (Phi) is 4.48. The summed E-state index contributed by atoms with van der Waals surface area (Å²) in [6.45, 7) is 3.05. The van der Waals surface area contributed by atoms with Gasteiger partial charge in [-0.05, 0) is 12.7 Å². The first kappa shape index (κ1) is 11.9. The number of nitrogens with two attached hydrogens (primary N) is 2. The second-order valence-electron chi connectivity index (χ2n) is 3.30. The van der Waals surface area contributed by atoms with Gasteiger partial charge in [0.1, 0.15) is 11.6 Å². The predicted molar refractivity (Wildman–Crippen MR) is 66.9 cm³/mol. The highest BCUT2D eigenvalue weighted by Gasteiger charge is 2.01. The van der Waals surface area contributed by atoms with Crippen LogP contribution in [0.1, 0.15) is 13.3 Å². The first-order valence-corrected chi connectivity index (χ1v) is 6.07. The Morgan fingerprint density at radius 2 is 2.20 bits per heavy atom. The van der Waals surface area contributed by atoms with E-state index in [0.717, 1.165) is 13.0 Å². The highest BCUT2D eigenvalue weighted by Crippen LogP contribution is 2.12. The number of thioether (sulfide) groups is 1. The van der Waals surface area contributed by atoms with Crippen LogP contribution in [-0.2, 0) is 0 Å². The van der Waals surface area contributed by atoms with Crippen molar-refractivity contribution in [3.05, 3.63) is 6.07 Å². The molecule has 15 heavy (non-hydrogen) atoms. The van der Waals surface area contributed by atoms with E-state index in [0.29, 0.717) is 16.9 Å². The van der Waals surface area contributed by atoms with Gasteiger partial charge in [0.25, 0.3) is 0 Å². The van der Waals surface area contributed by atoms with E-state index in [1.807, 2.05) is 11.8 Å². The fourth-order valence-corrected chi connectivity index (χ4v) is 1.45. The maximum atomic E-state index is 5.54. The van der Waals surface area contributed by atoms with E-state index in [-0.39, 0.29) is 5.95 Å². The molecule has 0 saturated carbocycles. The molecular weight excluding hydrogens is 210 g/mol. The largest absolute Gasteiger partial charge is 0.383 e. The molecule has 6 heteroatoms. The minimum Gasteiger partial charge on any atom is -0.383 e. The molecule has 0 spiro atoms. The second-order valence-corrected chi connectivity index (χ2v) is 4.57. The van der Waals surface area contributed by atoms with Crippen molar-refractivity contribution in [2.75, 3.05) is 29.6 Å². The van der Waals surface area contributed by atoms with E-state index in [1.54, 1.807) is 6.07 Å². The lowest BCUT2D eigenvalue weighted by molar-refractivity contribution is 0.850. The Hall–Kier alpha value is -1.17. The van der Waals surface area contributed by atoms with Gasteiger partial charge >= 0.3 is 0 Å². The van der Waals surface area contributed by atoms with Crippen LogP contribution in [0, 0.1) is 0 Å². The zero-order valence-corrected chi connectivity index (χ0v) is 9.84. The molecule has 1 unspecified atom stereocenters. The molecule has 0 saturated heterocycles. The number of nitrogen functional groups attached to an aromatic ring is 2. The average molecular weight is 227 g/mol. The van der Waals surface area contributed by atoms with E-state index in [2.05, 4.69) is 28.5 Å². The lowest BCUT2D eigenvalue weighted by atomic mass is 10.3. The molecule has 0 aliphatic carbocycles. The van der Waals surface area contributed by atoms with Gasteiger partial charge in [0, 0.05) is 17.9 Å². The topological polar surface area (TPSA) is 89.8 Å². The first-order chi connectivity index (χ1) is 7.11. The van der Waals surface area contributed by atoms with Crippen LogP contribution in [0.5, 0.6) is 0 Å². The van der Waals surface area contributed by atoms with Crippen molar-refractivity contribution in [1.29, 1.82) is 0 Å². The lowest BCUT2D eigenvalue weighted by Crippen LogP contribution is -2.10. The van der Waals surface area contributed by atoms with Gasteiger partial charge in [-0.2, -0.15) is 21.7 Å². The summed E-state index contributed by atoms with van der Waals surface area (Å²) in [6, 6.07) is 1.68. The smallest absolute Gasteiger partial charge is 0.223 e. The van der Waals surface area contributed by atoms with Crippen molar-refractivity contribution in [3.63, 3.8) is 0 Å². The van der Waals surface area contributed by atoms with Crippen LogP contribution in [0.2, 0.25) is 0 Å². The highest BCUT2D eigenvalue weighted by atomic mass is 32.2. The quantitative estimate of drug-likeness (QED) is 0.700. The summed E-state index contributed by atoms with van der Waals surface area (Å²) >= 11 is 1.84. The summed E-state index contributed by atoms with van der Waals surface area (Å²) in [7, 11) is 0. The van der Waals surface area contributed by atoms with Gasteiger partial charge in [0.05, 0.1) is 0 Å². The molecule has 0 fully saturated rings. The van der Waals surface area contributed by atoms with Crippen molar-refractivity contribution in [3.8, 4) is 0 Å². The first-order valence-electron chi connectivity index (χ1n) is 4.78. The molecule has 0 aliphatic rings. The number of nitrogens with one attached hydrogen (secondary N) is 1. The Balaban J connectivity index is 2.43. The monoisotopic (exact) mass is 227 g/mol. The normalized spacial score (nSPS) is 12.4. The van der Waals surface area contributed by atoms with Crippen molar-refractivity contribution >= 4 is 29.3 Å². The maximum absolute atomic E-state index is 5.54. The number of rotatable bonds is 5. The highest BCUT2D eigenvalue weighted by molar-refractivity contribution is 7.99. The van der Waals surface area contributed by atoms with Crippen LogP contribution in [0.15, 0.2) is 6.07 Å².